The molecule has 7 heteroatoms. The molecule has 2 aromatic carbocycles. The van der Waals surface area contributed by atoms with Gasteiger partial charge in [0.15, 0.2) is 11.6 Å². The van der Waals surface area contributed by atoms with Gasteiger partial charge < -0.3 is 4.74 Å². The highest BCUT2D eigenvalue weighted by Gasteiger charge is 2.17. The highest BCUT2D eigenvalue weighted by molar-refractivity contribution is 7.89. The molecule has 0 spiro atoms. The van der Waals surface area contributed by atoms with Crippen molar-refractivity contribution in [3.05, 3.63) is 59.7 Å². The van der Waals surface area contributed by atoms with E-state index in [0.29, 0.717) is 5.56 Å². The third kappa shape index (κ3) is 3.61. The summed E-state index contributed by atoms with van der Waals surface area (Å²) in [6, 6.07) is 9.46. The SMILES string of the molecule is CN(C)S(=O)(=O)c1cccc(COc2ccc(F)c(F)c2)c1. The fourth-order valence-corrected chi connectivity index (χ4v) is 2.71. The minimum atomic E-state index is -3.53. The molecule has 0 fully saturated rings. The van der Waals surface area contributed by atoms with Crippen LogP contribution in [0.2, 0.25) is 0 Å². The minimum absolute atomic E-state index is 0.0435. The Bertz CT molecular complexity index is 776. The van der Waals surface area contributed by atoms with Gasteiger partial charge in [0, 0.05) is 20.2 Å². The van der Waals surface area contributed by atoms with Crippen LogP contribution in [0.15, 0.2) is 47.4 Å². The smallest absolute Gasteiger partial charge is 0.242 e. The molecule has 0 amide bonds. The number of benzene rings is 2. The van der Waals surface area contributed by atoms with Gasteiger partial charge in [0.05, 0.1) is 4.90 Å². The van der Waals surface area contributed by atoms with Crippen LogP contribution in [0.3, 0.4) is 0 Å². The number of ether oxygens (including phenoxy) is 1. The van der Waals surface area contributed by atoms with Crippen LogP contribution in [0.5, 0.6) is 5.75 Å². The van der Waals surface area contributed by atoms with E-state index in [9.17, 15) is 17.2 Å². The average Bonchev–Trinajstić information content (AvgIpc) is 2.48. The fraction of sp³-hybridized carbons (Fsp3) is 0.200. The summed E-state index contributed by atoms with van der Waals surface area (Å²) in [5, 5.41) is 0. The summed E-state index contributed by atoms with van der Waals surface area (Å²) in [7, 11) is -0.638. The maximum absolute atomic E-state index is 13.1. The number of hydrogen-bond acceptors (Lipinski definition) is 3. The van der Waals surface area contributed by atoms with E-state index in [1.54, 1.807) is 12.1 Å². The second-order valence-corrected chi connectivity index (χ2v) is 6.95. The Morgan fingerprint density at radius 2 is 1.77 bits per heavy atom. The van der Waals surface area contributed by atoms with Gasteiger partial charge in [0.2, 0.25) is 10.0 Å². The molecule has 0 unspecified atom stereocenters. The van der Waals surface area contributed by atoms with E-state index in [4.69, 9.17) is 4.74 Å². The van der Waals surface area contributed by atoms with Crippen molar-refractivity contribution in [3.8, 4) is 5.75 Å². The van der Waals surface area contributed by atoms with Crippen molar-refractivity contribution in [1.82, 2.24) is 4.31 Å². The maximum atomic E-state index is 13.1. The molecule has 0 N–H and O–H groups in total. The molecule has 0 aliphatic rings. The lowest BCUT2D eigenvalue weighted by molar-refractivity contribution is 0.303. The van der Waals surface area contributed by atoms with Gasteiger partial charge in [-0.3, -0.25) is 0 Å². The molecule has 0 aromatic heterocycles. The van der Waals surface area contributed by atoms with Crippen LogP contribution in [0.4, 0.5) is 8.78 Å². The average molecular weight is 327 g/mol. The molecule has 0 aliphatic carbocycles. The van der Waals surface area contributed by atoms with E-state index in [2.05, 4.69) is 0 Å². The van der Waals surface area contributed by atoms with Crippen molar-refractivity contribution in [2.75, 3.05) is 14.1 Å². The Morgan fingerprint density at radius 3 is 2.41 bits per heavy atom. The van der Waals surface area contributed by atoms with E-state index >= 15 is 0 Å². The number of sulfonamides is 1. The number of nitrogens with zero attached hydrogens (tertiary/aromatic N) is 1. The summed E-state index contributed by atoms with van der Waals surface area (Å²) in [6.07, 6.45) is 0. The molecular formula is C15H15F2NO3S. The summed E-state index contributed by atoms with van der Waals surface area (Å²) in [4.78, 5) is 0.142. The monoisotopic (exact) mass is 327 g/mol. The highest BCUT2D eigenvalue weighted by Crippen LogP contribution is 2.19. The van der Waals surface area contributed by atoms with E-state index < -0.39 is 21.7 Å². The quantitative estimate of drug-likeness (QED) is 0.848. The summed E-state index contributed by atoms with van der Waals surface area (Å²) < 4.78 is 56.4. The largest absolute Gasteiger partial charge is 0.489 e. The highest BCUT2D eigenvalue weighted by atomic mass is 32.2. The molecule has 0 saturated carbocycles. The van der Waals surface area contributed by atoms with Crippen LogP contribution in [-0.4, -0.2) is 26.8 Å². The van der Waals surface area contributed by atoms with E-state index in [0.717, 1.165) is 16.4 Å². The van der Waals surface area contributed by atoms with Crippen LogP contribution in [0, 0.1) is 11.6 Å². The zero-order chi connectivity index (χ0) is 16.3. The van der Waals surface area contributed by atoms with Gasteiger partial charge in [-0.2, -0.15) is 0 Å². The Kier molecular flexibility index (Phi) is 4.77. The fourth-order valence-electron chi connectivity index (χ4n) is 1.74. The Hall–Kier alpha value is -1.99. The number of rotatable bonds is 5. The second kappa shape index (κ2) is 6.41. The molecule has 0 heterocycles. The normalized spacial score (nSPS) is 11.7. The molecule has 2 rings (SSSR count). The first-order valence-electron chi connectivity index (χ1n) is 6.40. The van der Waals surface area contributed by atoms with E-state index in [1.807, 2.05) is 0 Å². The van der Waals surface area contributed by atoms with Gasteiger partial charge in [0.25, 0.3) is 0 Å². The molecule has 0 radical (unpaired) electrons. The third-order valence-electron chi connectivity index (χ3n) is 2.97. The molecule has 0 bridgehead atoms. The van der Waals surface area contributed by atoms with Crippen molar-refractivity contribution in [2.24, 2.45) is 0 Å². The minimum Gasteiger partial charge on any atom is -0.489 e. The summed E-state index contributed by atoms with van der Waals surface area (Å²) in [6.45, 7) is 0.0435. The predicted molar refractivity (Wildman–Crippen MR) is 78.0 cm³/mol. The summed E-state index contributed by atoms with van der Waals surface area (Å²) >= 11 is 0. The standard InChI is InChI=1S/C15H15F2NO3S/c1-18(2)22(19,20)13-5-3-4-11(8-13)10-21-12-6-7-14(16)15(17)9-12/h3-9H,10H2,1-2H3. The van der Waals surface area contributed by atoms with E-state index in [1.165, 1.54) is 32.3 Å². The van der Waals surface area contributed by atoms with Crippen LogP contribution in [-0.2, 0) is 16.6 Å². The lowest BCUT2D eigenvalue weighted by atomic mass is 10.2. The first-order valence-corrected chi connectivity index (χ1v) is 7.84. The zero-order valence-corrected chi connectivity index (χ0v) is 12.9. The second-order valence-electron chi connectivity index (χ2n) is 4.80. The topological polar surface area (TPSA) is 46.6 Å². The first-order chi connectivity index (χ1) is 10.3. The third-order valence-corrected chi connectivity index (χ3v) is 4.78. The summed E-state index contributed by atoms with van der Waals surface area (Å²) in [5.74, 6) is -1.78. The van der Waals surface area contributed by atoms with Gasteiger partial charge in [-0.05, 0) is 29.8 Å². The molecule has 118 valence electrons. The predicted octanol–water partition coefficient (Wildman–Crippen LogP) is 2.79. The molecule has 2 aromatic rings. The van der Waals surface area contributed by atoms with Crippen LogP contribution < -0.4 is 4.74 Å². The van der Waals surface area contributed by atoms with Crippen molar-refractivity contribution < 1.29 is 21.9 Å². The first kappa shape index (κ1) is 16.4. The van der Waals surface area contributed by atoms with Gasteiger partial charge in [-0.25, -0.2) is 21.5 Å². The van der Waals surface area contributed by atoms with Crippen LogP contribution >= 0.6 is 0 Å². The van der Waals surface area contributed by atoms with Crippen LogP contribution in [0.25, 0.3) is 0 Å². The van der Waals surface area contributed by atoms with Gasteiger partial charge >= 0.3 is 0 Å². The lowest BCUT2D eigenvalue weighted by Gasteiger charge is -2.12. The Balaban J connectivity index is 2.16. The van der Waals surface area contributed by atoms with Crippen molar-refractivity contribution >= 4 is 10.0 Å². The molecule has 0 aliphatic heterocycles. The van der Waals surface area contributed by atoms with Crippen molar-refractivity contribution in [2.45, 2.75) is 11.5 Å². The van der Waals surface area contributed by atoms with Crippen molar-refractivity contribution in [1.29, 1.82) is 0 Å². The molecule has 22 heavy (non-hydrogen) atoms. The summed E-state index contributed by atoms with van der Waals surface area (Å²) in [5.41, 5.74) is 0.604. The molecule has 4 nitrogen and oxygen atoms in total. The molecule has 0 saturated heterocycles. The van der Waals surface area contributed by atoms with Gasteiger partial charge in [-0.15, -0.1) is 0 Å². The lowest BCUT2D eigenvalue weighted by Crippen LogP contribution is -2.22. The van der Waals surface area contributed by atoms with Crippen molar-refractivity contribution in [3.63, 3.8) is 0 Å². The Labute approximate surface area is 128 Å². The maximum Gasteiger partial charge on any atom is 0.242 e. The van der Waals surface area contributed by atoms with Gasteiger partial charge in [0.1, 0.15) is 12.4 Å². The number of hydrogen-bond donors (Lipinski definition) is 0. The molecule has 0 atom stereocenters. The van der Waals surface area contributed by atoms with Crippen LogP contribution in [0.1, 0.15) is 5.56 Å². The van der Waals surface area contributed by atoms with Gasteiger partial charge in [-0.1, -0.05) is 12.1 Å². The molecular weight excluding hydrogens is 312 g/mol. The van der Waals surface area contributed by atoms with E-state index in [-0.39, 0.29) is 17.3 Å². The zero-order valence-electron chi connectivity index (χ0n) is 12.1. The Morgan fingerprint density at radius 1 is 1.05 bits per heavy atom. The number of halogens is 2.